The van der Waals surface area contributed by atoms with E-state index >= 15 is 0 Å². The van der Waals surface area contributed by atoms with Gasteiger partial charge in [-0.05, 0) is 20.3 Å². The molecule has 2 atom stereocenters. The Bertz CT molecular complexity index is 674. The zero-order valence-electron chi connectivity index (χ0n) is 15.3. The molecular formula is C16H26N2O7S. The van der Waals surface area contributed by atoms with Crippen molar-refractivity contribution >= 4 is 27.8 Å². The van der Waals surface area contributed by atoms with Crippen LogP contribution in [0.15, 0.2) is 0 Å². The molecule has 1 N–H and O–H groups in total. The number of amides is 2. The molecule has 2 fully saturated rings. The third kappa shape index (κ3) is 3.65. The van der Waals surface area contributed by atoms with E-state index in [1.165, 1.54) is 13.8 Å². The van der Waals surface area contributed by atoms with Gasteiger partial charge in [-0.2, -0.15) is 0 Å². The Morgan fingerprint density at radius 2 is 1.92 bits per heavy atom. The van der Waals surface area contributed by atoms with Gasteiger partial charge in [-0.15, -0.1) is 0 Å². The first-order valence-electron chi connectivity index (χ1n) is 8.76. The van der Waals surface area contributed by atoms with Crippen molar-refractivity contribution in [2.45, 2.75) is 69.0 Å². The van der Waals surface area contributed by atoms with E-state index in [1.807, 2.05) is 0 Å². The number of alkyl carbamates (subject to hydrolysis) is 1. The summed E-state index contributed by atoms with van der Waals surface area (Å²) in [5, 5.41) is 1.31. The number of fused-ring (bicyclic) bond motifs is 1. The van der Waals surface area contributed by atoms with Crippen molar-refractivity contribution in [1.29, 1.82) is 0 Å². The molecule has 2 amide bonds. The number of nitrogens with zero attached hydrogens (tertiary/aromatic N) is 1. The predicted octanol–water partition coefficient (Wildman–Crippen LogP) is 0.928. The van der Waals surface area contributed by atoms with Crippen LogP contribution in [0.2, 0.25) is 0 Å². The van der Waals surface area contributed by atoms with Crippen molar-refractivity contribution in [3.05, 3.63) is 0 Å². The summed E-state index contributed by atoms with van der Waals surface area (Å²) in [5.74, 6) is -1.26. The molecule has 0 aromatic rings. The Morgan fingerprint density at radius 3 is 2.54 bits per heavy atom. The van der Waals surface area contributed by atoms with Gasteiger partial charge in [0.25, 0.3) is 0 Å². The van der Waals surface area contributed by atoms with Crippen molar-refractivity contribution in [1.82, 2.24) is 10.2 Å². The molecule has 2 aliphatic heterocycles. The van der Waals surface area contributed by atoms with Gasteiger partial charge in [0.2, 0.25) is 5.91 Å². The summed E-state index contributed by atoms with van der Waals surface area (Å²) >= 11 is 0. The van der Waals surface area contributed by atoms with Crippen LogP contribution in [0.3, 0.4) is 0 Å². The third-order valence-corrected chi connectivity index (χ3v) is 7.66. The molecule has 2 rings (SSSR count). The second-order valence-corrected chi connectivity index (χ2v) is 9.68. The van der Waals surface area contributed by atoms with Gasteiger partial charge >= 0.3 is 12.1 Å². The monoisotopic (exact) mass is 390 g/mol. The fourth-order valence-electron chi connectivity index (χ4n) is 3.20. The highest BCUT2D eigenvalue weighted by Gasteiger charge is 2.68. The number of sulfone groups is 1. The fraction of sp³-hybridized carbons (Fsp3) is 0.812. The molecule has 2 heterocycles. The number of carbonyl (C=O) groups is 3. The van der Waals surface area contributed by atoms with Crippen LogP contribution in [-0.4, -0.2) is 60.8 Å². The topological polar surface area (TPSA) is 119 Å². The molecule has 0 bridgehead atoms. The van der Waals surface area contributed by atoms with Gasteiger partial charge < -0.3 is 14.4 Å². The van der Waals surface area contributed by atoms with E-state index in [0.29, 0.717) is 0 Å². The van der Waals surface area contributed by atoms with Crippen LogP contribution in [0.5, 0.6) is 0 Å². The molecule has 9 nitrogen and oxygen atoms in total. The summed E-state index contributed by atoms with van der Waals surface area (Å²) in [6.07, 6.45) is 3.04. The van der Waals surface area contributed by atoms with Crippen molar-refractivity contribution in [2.24, 2.45) is 0 Å². The number of rotatable bonds is 8. The largest absolute Gasteiger partial charge is 0.449 e. The number of hydrogen-bond acceptors (Lipinski definition) is 7. The standard InChI is InChI=1S/C16H26N2O7S/c1-4-5-6-7-8-24-15(21)17-10-25-14(20)13-16(2,3)26(22,23)12-9-11(19)18(12)13/h12-13H,4-10H2,1-3H3,(H,17,21)/t12-,13+/m1/s1. The average Bonchev–Trinajstić information content (AvgIpc) is 2.68. The van der Waals surface area contributed by atoms with E-state index < -0.39 is 50.7 Å². The number of esters is 1. The highest BCUT2D eigenvalue weighted by Crippen LogP contribution is 2.45. The summed E-state index contributed by atoms with van der Waals surface area (Å²) < 4.78 is 33.3. The second-order valence-electron chi connectivity index (χ2n) is 6.99. The first-order chi connectivity index (χ1) is 12.1. The van der Waals surface area contributed by atoms with E-state index in [1.54, 1.807) is 0 Å². The highest BCUT2D eigenvalue weighted by molar-refractivity contribution is 7.93. The molecule has 2 saturated heterocycles. The van der Waals surface area contributed by atoms with Gasteiger partial charge in [0.05, 0.1) is 17.8 Å². The average molecular weight is 390 g/mol. The lowest BCUT2D eigenvalue weighted by Gasteiger charge is -2.36. The summed E-state index contributed by atoms with van der Waals surface area (Å²) in [4.78, 5) is 36.6. The van der Waals surface area contributed by atoms with Crippen molar-refractivity contribution in [3.63, 3.8) is 0 Å². The molecule has 0 saturated carbocycles. The number of β-lactam (4-membered cyclic amide) rings is 1. The number of unbranched alkanes of at least 4 members (excludes halogenated alkanes) is 3. The van der Waals surface area contributed by atoms with E-state index in [-0.39, 0.29) is 13.0 Å². The summed E-state index contributed by atoms with van der Waals surface area (Å²) in [7, 11) is -3.66. The second kappa shape index (κ2) is 7.81. The van der Waals surface area contributed by atoms with Crippen LogP contribution in [0.4, 0.5) is 4.79 Å². The molecule has 2 aliphatic rings. The van der Waals surface area contributed by atoms with Gasteiger partial charge in [-0.1, -0.05) is 26.2 Å². The van der Waals surface area contributed by atoms with Gasteiger partial charge in [-0.25, -0.2) is 18.0 Å². The van der Waals surface area contributed by atoms with Crippen molar-refractivity contribution in [3.8, 4) is 0 Å². The smallest absolute Gasteiger partial charge is 0.409 e. The van der Waals surface area contributed by atoms with Crippen LogP contribution in [-0.2, 0) is 28.9 Å². The minimum Gasteiger partial charge on any atom is -0.449 e. The number of nitrogens with one attached hydrogen (secondary N) is 1. The molecule has 0 aromatic carbocycles. The normalized spacial score (nSPS) is 25.2. The lowest BCUT2D eigenvalue weighted by molar-refractivity contribution is -0.161. The first kappa shape index (κ1) is 20.5. The number of carbonyl (C=O) groups excluding carboxylic acids is 3. The highest BCUT2D eigenvalue weighted by atomic mass is 32.2. The van der Waals surface area contributed by atoms with Crippen LogP contribution in [0.1, 0.15) is 52.9 Å². The van der Waals surface area contributed by atoms with Crippen LogP contribution in [0, 0.1) is 0 Å². The number of hydrogen-bond donors (Lipinski definition) is 1. The molecular weight excluding hydrogens is 364 g/mol. The molecule has 0 aliphatic carbocycles. The summed E-state index contributed by atoms with van der Waals surface area (Å²) in [5.41, 5.74) is 0. The maximum absolute atomic E-state index is 12.4. The van der Waals surface area contributed by atoms with Crippen molar-refractivity contribution < 1.29 is 32.3 Å². The third-order valence-electron chi connectivity index (χ3n) is 4.86. The summed E-state index contributed by atoms with van der Waals surface area (Å²) in [6.45, 7) is 4.70. The van der Waals surface area contributed by atoms with Gasteiger partial charge in [0, 0.05) is 0 Å². The van der Waals surface area contributed by atoms with Crippen LogP contribution >= 0.6 is 0 Å². The van der Waals surface area contributed by atoms with Crippen molar-refractivity contribution in [2.75, 3.05) is 13.3 Å². The Morgan fingerprint density at radius 1 is 1.23 bits per heavy atom. The quantitative estimate of drug-likeness (QED) is 0.283. The van der Waals surface area contributed by atoms with Gasteiger partial charge in [0.1, 0.15) is 11.4 Å². The molecule has 0 spiro atoms. The van der Waals surface area contributed by atoms with Crippen LogP contribution < -0.4 is 5.32 Å². The van der Waals surface area contributed by atoms with E-state index in [9.17, 15) is 22.8 Å². The Kier molecular flexibility index (Phi) is 6.15. The Hall–Kier alpha value is -1.84. The minimum absolute atomic E-state index is 0.113. The van der Waals surface area contributed by atoms with E-state index in [4.69, 9.17) is 9.47 Å². The van der Waals surface area contributed by atoms with E-state index in [2.05, 4.69) is 12.2 Å². The zero-order valence-corrected chi connectivity index (χ0v) is 16.1. The molecule has 0 radical (unpaired) electrons. The Labute approximate surface area is 153 Å². The number of ether oxygens (including phenoxy) is 2. The molecule has 0 unspecified atom stereocenters. The molecule has 148 valence electrons. The van der Waals surface area contributed by atoms with Gasteiger partial charge in [0.15, 0.2) is 16.6 Å². The maximum Gasteiger partial charge on any atom is 0.409 e. The predicted molar refractivity (Wildman–Crippen MR) is 91.6 cm³/mol. The lowest BCUT2D eigenvalue weighted by Crippen LogP contribution is -2.57. The summed E-state index contributed by atoms with van der Waals surface area (Å²) in [6, 6.07) is -1.22. The van der Waals surface area contributed by atoms with E-state index in [0.717, 1.165) is 30.6 Å². The first-order valence-corrected chi connectivity index (χ1v) is 10.3. The molecule has 0 aromatic heterocycles. The molecule has 10 heteroatoms. The molecule has 26 heavy (non-hydrogen) atoms. The van der Waals surface area contributed by atoms with Crippen LogP contribution in [0.25, 0.3) is 0 Å². The fourth-order valence-corrected chi connectivity index (χ4v) is 5.32. The lowest BCUT2D eigenvalue weighted by atomic mass is 9.98. The SMILES string of the molecule is CCCCCCOC(=O)NCOC(=O)[C@@H]1N2C(=O)C[C@H]2S(=O)(=O)C1(C)C. The maximum atomic E-state index is 12.4. The van der Waals surface area contributed by atoms with Gasteiger partial charge in [-0.3, -0.25) is 10.1 Å². The zero-order chi connectivity index (χ0) is 19.5. The minimum atomic E-state index is -3.66. The Balaban J connectivity index is 1.81.